The van der Waals surface area contributed by atoms with E-state index in [0.29, 0.717) is 0 Å². The topological polar surface area (TPSA) is 30.9 Å². The number of methoxy groups -OCH3 is 2. The van der Waals surface area contributed by atoms with Crippen LogP contribution >= 0.6 is 0 Å². The molecule has 0 unspecified atom stereocenters. The van der Waals surface area contributed by atoms with Gasteiger partial charge in [-0.25, -0.2) is 0 Å². The molecule has 0 amide bonds. The van der Waals surface area contributed by atoms with Crippen molar-refractivity contribution in [1.82, 2.24) is 4.90 Å². The Morgan fingerprint density at radius 1 is 0.750 bits per heavy atom. The molecule has 36 heavy (non-hydrogen) atoms. The molecule has 0 aromatic heterocycles. The van der Waals surface area contributed by atoms with Crippen LogP contribution in [0.2, 0.25) is 0 Å². The minimum atomic E-state index is 0.793. The monoisotopic (exact) mass is 479 g/mol. The normalized spacial score (nSPS) is 13.8. The number of rotatable bonds is 8. The van der Waals surface area contributed by atoms with Crippen molar-refractivity contribution in [1.29, 1.82) is 0 Å². The molecule has 0 radical (unpaired) electrons. The average Bonchev–Trinajstić information content (AvgIpc) is 2.94. The lowest BCUT2D eigenvalue weighted by atomic mass is 9.92. The van der Waals surface area contributed by atoms with E-state index in [0.717, 1.165) is 64.4 Å². The molecule has 1 aliphatic rings. The van der Waals surface area contributed by atoms with E-state index in [1.165, 1.54) is 24.8 Å². The minimum Gasteiger partial charge on any atom is -0.497 e. The van der Waals surface area contributed by atoms with Crippen molar-refractivity contribution in [2.75, 3.05) is 27.3 Å². The first-order valence-corrected chi connectivity index (χ1v) is 12.7. The van der Waals surface area contributed by atoms with Crippen molar-refractivity contribution in [2.45, 2.75) is 25.7 Å². The van der Waals surface area contributed by atoms with Crippen LogP contribution in [0.5, 0.6) is 23.0 Å². The van der Waals surface area contributed by atoms with Crippen LogP contribution in [0.4, 0.5) is 0 Å². The van der Waals surface area contributed by atoms with Crippen molar-refractivity contribution in [2.24, 2.45) is 0 Å². The summed E-state index contributed by atoms with van der Waals surface area (Å²) < 4.78 is 17.8. The van der Waals surface area contributed by atoms with Crippen molar-refractivity contribution in [3.8, 4) is 34.1 Å². The minimum absolute atomic E-state index is 0.793. The zero-order chi connectivity index (χ0) is 24.7. The maximum Gasteiger partial charge on any atom is 0.143 e. The third-order valence-corrected chi connectivity index (χ3v) is 6.75. The first-order chi connectivity index (χ1) is 17.7. The first-order valence-electron chi connectivity index (χ1n) is 12.7. The van der Waals surface area contributed by atoms with Crippen LogP contribution in [0.15, 0.2) is 91.1 Å². The Morgan fingerprint density at radius 2 is 1.50 bits per heavy atom. The van der Waals surface area contributed by atoms with Crippen molar-refractivity contribution in [3.63, 3.8) is 0 Å². The Balaban J connectivity index is 1.68. The number of piperidine rings is 1. The van der Waals surface area contributed by atoms with Gasteiger partial charge >= 0.3 is 0 Å². The van der Waals surface area contributed by atoms with E-state index in [-0.39, 0.29) is 0 Å². The highest BCUT2D eigenvalue weighted by molar-refractivity contribution is 5.98. The molecule has 0 N–H and O–H groups in total. The molecule has 1 heterocycles. The van der Waals surface area contributed by atoms with Gasteiger partial charge in [0.15, 0.2) is 0 Å². The van der Waals surface area contributed by atoms with Gasteiger partial charge in [0.05, 0.1) is 14.2 Å². The molecule has 1 saturated heterocycles. The number of fused-ring (bicyclic) bond motifs is 1. The third-order valence-electron chi connectivity index (χ3n) is 6.75. The average molecular weight is 480 g/mol. The summed E-state index contributed by atoms with van der Waals surface area (Å²) in [6.45, 7) is 2.27. The molecule has 1 fully saturated rings. The van der Waals surface area contributed by atoms with Crippen LogP contribution in [0, 0.1) is 0 Å². The molecular weight excluding hydrogens is 446 g/mol. The number of nitrogens with zero attached hydrogens (tertiary/aromatic N) is 1. The molecule has 0 saturated carbocycles. The number of para-hydroxylation sites is 1. The third kappa shape index (κ3) is 5.33. The van der Waals surface area contributed by atoms with E-state index < -0.39 is 0 Å². The Bertz CT molecular complexity index is 1340. The fourth-order valence-electron chi connectivity index (χ4n) is 4.90. The molecular formula is C32H33NO3. The summed E-state index contributed by atoms with van der Waals surface area (Å²) in [4.78, 5) is 2.43. The summed E-state index contributed by atoms with van der Waals surface area (Å²) in [7, 11) is 3.41. The molecule has 4 heteroatoms. The molecule has 0 bridgehead atoms. The number of hydrogen-bond acceptors (Lipinski definition) is 4. The first kappa shape index (κ1) is 23.8. The van der Waals surface area contributed by atoms with Crippen molar-refractivity contribution < 1.29 is 14.2 Å². The second-order valence-electron chi connectivity index (χ2n) is 9.16. The van der Waals surface area contributed by atoms with Gasteiger partial charge in [-0.05, 0) is 96.9 Å². The lowest BCUT2D eigenvalue weighted by molar-refractivity contribution is 0.309. The Kier molecular flexibility index (Phi) is 7.41. The van der Waals surface area contributed by atoms with E-state index >= 15 is 0 Å². The fraction of sp³-hybridized carbons (Fsp3) is 0.250. The van der Waals surface area contributed by atoms with Crippen LogP contribution in [-0.4, -0.2) is 32.2 Å². The van der Waals surface area contributed by atoms with Gasteiger partial charge in [0.2, 0.25) is 0 Å². The number of benzene rings is 4. The summed E-state index contributed by atoms with van der Waals surface area (Å²) in [6.07, 6.45) is 9.21. The van der Waals surface area contributed by atoms with Gasteiger partial charge in [0.25, 0.3) is 0 Å². The summed E-state index contributed by atoms with van der Waals surface area (Å²) in [5, 5.41) is 2.13. The second-order valence-corrected chi connectivity index (χ2v) is 9.16. The van der Waals surface area contributed by atoms with Gasteiger partial charge in [-0.2, -0.15) is 0 Å². The molecule has 4 aromatic rings. The van der Waals surface area contributed by atoms with Crippen LogP contribution in [0.3, 0.4) is 0 Å². The number of ether oxygens (including phenoxy) is 3. The van der Waals surface area contributed by atoms with Gasteiger partial charge < -0.3 is 19.1 Å². The van der Waals surface area contributed by atoms with Gasteiger partial charge in [0.1, 0.15) is 23.0 Å². The van der Waals surface area contributed by atoms with Crippen molar-refractivity contribution in [3.05, 3.63) is 96.7 Å². The van der Waals surface area contributed by atoms with Gasteiger partial charge in [0, 0.05) is 24.0 Å². The zero-order valence-corrected chi connectivity index (χ0v) is 21.1. The van der Waals surface area contributed by atoms with Crippen LogP contribution < -0.4 is 14.2 Å². The number of likely N-dealkylation sites (tertiary alicyclic amines) is 1. The largest absolute Gasteiger partial charge is 0.497 e. The molecule has 4 nitrogen and oxygen atoms in total. The Hall–Kier alpha value is -3.92. The summed E-state index contributed by atoms with van der Waals surface area (Å²) in [5.41, 5.74) is 3.35. The predicted molar refractivity (Wildman–Crippen MR) is 147 cm³/mol. The summed E-state index contributed by atoms with van der Waals surface area (Å²) in [5.74, 6) is 3.30. The lowest BCUT2D eigenvalue weighted by Gasteiger charge is -2.25. The van der Waals surface area contributed by atoms with E-state index in [4.69, 9.17) is 14.2 Å². The molecule has 0 atom stereocenters. The highest BCUT2D eigenvalue weighted by atomic mass is 16.5. The SMILES string of the molecule is COc1cccc(-c2c(CC=CN3CCCCC3)cc3cc(OC)ccc3c2Oc2ccccc2)c1. The summed E-state index contributed by atoms with van der Waals surface area (Å²) >= 11 is 0. The molecule has 184 valence electrons. The molecule has 5 rings (SSSR count). The molecule has 1 aliphatic heterocycles. The molecule has 0 aliphatic carbocycles. The molecule has 4 aromatic carbocycles. The maximum absolute atomic E-state index is 6.65. The Morgan fingerprint density at radius 3 is 2.28 bits per heavy atom. The standard InChI is InChI=1S/C32H33NO3/c1-34-28-15-9-11-25(22-28)31-24(12-10-20-33-18-7-4-8-19-33)21-26-23-29(35-2)16-17-30(26)32(31)36-27-13-5-3-6-14-27/h3,5-6,9-11,13-17,20-23H,4,7-8,12,18-19H2,1-2H3. The second kappa shape index (κ2) is 11.2. The van der Waals surface area contributed by atoms with Gasteiger partial charge in [-0.15, -0.1) is 0 Å². The summed E-state index contributed by atoms with van der Waals surface area (Å²) in [6, 6.07) is 26.6. The van der Waals surface area contributed by atoms with E-state index in [2.05, 4.69) is 47.5 Å². The van der Waals surface area contributed by atoms with E-state index in [1.54, 1.807) is 14.2 Å². The number of hydrogen-bond donors (Lipinski definition) is 0. The smallest absolute Gasteiger partial charge is 0.143 e. The molecule has 0 spiro atoms. The zero-order valence-electron chi connectivity index (χ0n) is 21.1. The predicted octanol–water partition coefficient (Wildman–Crippen LogP) is 7.86. The fourth-order valence-corrected chi connectivity index (χ4v) is 4.90. The van der Waals surface area contributed by atoms with Crippen LogP contribution in [0.1, 0.15) is 24.8 Å². The van der Waals surface area contributed by atoms with Gasteiger partial charge in [-0.3, -0.25) is 0 Å². The van der Waals surface area contributed by atoms with Crippen LogP contribution in [-0.2, 0) is 6.42 Å². The lowest BCUT2D eigenvalue weighted by Crippen LogP contribution is -2.24. The van der Waals surface area contributed by atoms with Crippen LogP contribution in [0.25, 0.3) is 21.9 Å². The van der Waals surface area contributed by atoms with Crippen molar-refractivity contribution >= 4 is 10.8 Å². The van der Waals surface area contributed by atoms with E-state index in [9.17, 15) is 0 Å². The highest BCUT2D eigenvalue weighted by Crippen LogP contribution is 2.44. The van der Waals surface area contributed by atoms with E-state index in [1.807, 2.05) is 48.5 Å². The highest BCUT2D eigenvalue weighted by Gasteiger charge is 2.18. The Labute approximate surface area is 213 Å². The maximum atomic E-state index is 6.65. The quantitative estimate of drug-likeness (QED) is 0.257. The van der Waals surface area contributed by atoms with Gasteiger partial charge in [-0.1, -0.05) is 36.4 Å². The number of allylic oxidation sites excluding steroid dienone is 1.